The van der Waals surface area contributed by atoms with E-state index < -0.39 is 5.25 Å². The minimum atomic E-state index is -0.498. The molecular formula is C20H19N3O4S. The van der Waals surface area contributed by atoms with Crippen LogP contribution in [0.3, 0.4) is 0 Å². The second-order valence-electron chi connectivity index (χ2n) is 6.56. The highest BCUT2D eigenvalue weighted by Crippen LogP contribution is 2.37. The van der Waals surface area contributed by atoms with Crippen molar-refractivity contribution >= 4 is 40.1 Å². The molecule has 2 amide bonds. The molecule has 0 aromatic heterocycles. The minimum Gasteiger partial charge on any atom is -0.454 e. The van der Waals surface area contributed by atoms with Crippen LogP contribution in [0.1, 0.15) is 12.0 Å². The summed E-state index contributed by atoms with van der Waals surface area (Å²) in [5.41, 5.74) is 2.45. The molecule has 0 saturated carbocycles. The molecule has 1 atom stereocenters. The molecule has 8 heteroatoms. The summed E-state index contributed by atoms with van der Waals surface area (Å²) in [6, 6.07) is 12.9. The summed E-state index contributed by atoms with van der Waals surface area (Å²) in [5, 5.41) is 2.90. The third kappa shape index (κ3) is 3.82. The van der Waals surface area contributed by atoms with Gasteiger partial charge in [0.2, 0.25) is 18.6 Å². The van der Waals surface area contributed by atoms with E-state index >= 15 is 0 Å². The van der Waals surface area contributed by atoms with Gasteiger partial charge >= 0.3 is 0 Å². The Morgan fingerprint density at radius 1 is 1.25 bits per heavy atom. The third-order valence-electron chi connectivity index (χ3n) is 4.39. The predicted molar refractivity (Wildman–Crippen MR) is 108 cm³/mol. The Bertz CT molecular complexity index is 976. The number of thioether (sulfide) groups is 1. The summed E-state index contributed by atoms with van der Waals surface area (Å²) in [6.07, 6.45) is 0.0853. The highest BCUT2D eigenvalue weighted by atomic mass is 32.2. The Balaban J connectivity index is 1.44. The molecule has 2 aromatic carbocycles. The zero-order valence-corrected chi connectivity index (χ0v) is 16.3. The number of aryl methyl sites for hydroxylation is 1. The quantitative estimate of drug-likeness (QED) is 0.856. The van der Waals surface area contributed by atoms with Gasteiger partial charge in [0.1, 0.15) is 5.25 Å². The average molecular weight is 397 g/mol. The van der Waals surface area contributed by atoms with Crippen LogP contribution in [0.4, 0.5) is 11.4 Å². The molecule has 0 radical (unpaired) electrons. The molecule has 0 bridgehead atoms. The van der Waals surface area contributed by atoms with Crippen molar-refractivity contribution in [2.24, 2.45) is 4.99 Å². The number of hydrogen-bond acceptors (Lipinski definition) is 6. The second kappa shape index (κ2) is 7.55. The lowest BCUT2D eigenvalue weighted by molar-refractivity contribution is -0.127. The number of rotatable bonds is 4. The molecule has 144 valence electrons. The molecule has 0 aliphatic carbocycles. The summed E-state index contributed by atoms with van der Waals surface area (Å²) < 4.78 is 10.7. The van der Waals surface area contributed by atoms with Crippen LogP contribution in [0.5, 0.6) is 11.5 Å². The Kier molecular flexibility index (Phi) is 4.95. The standard InChI is InChI=1S/C20H19N3O4S/c1-12-4-3-5-13(8-12)21-18(24)10-17-19(25)23(2)20(28-17)22-14-6-7-15-16(9-14)27-11-26-15/h3-9,17H,10-11H2,1-2H3,(H,21,24). The van der Waals surface area contributed by atoms with Crippen LogP contribution in [0, 0.1) is 6.92 Å². The fourth-order valence-corrected chi connectivity index (χ4v) is 4.12. The molecule has 28 heavy (non-hydrogen) atoms. The van der Waals surface area contributed by atoms with Gasteiger partial charge in [-0.3, -0.25) is 14.5 Å². The van der Waals surface area contributed by atoms with E-state index in [1.54, 1.807) is 25.2 Å². The first-order valence-corrected chi connectivity index (χ1v) is 9.66. The van der Waals surface area contributed by atoms with Crippen molar-refractivity contribution in [2.75, 3.05) is 19.2 Å². The SMILES string of the molecule is Cc1cccc(NC(=O)CC2SC(=Nc3ccc4c(c3)OCO4)N(C)C2=O)c1. The van der Waals surface area contributed by atoms with Crippen molar-refractivity contribution in [2.45, 2.75) is 18.6 Å². The topological polar surface area (TPSA) is 80.2 Å². The molecule has 7 nitrogen and oxygen atoms in total. The largest absolute Gasteiger partial charge is 0.454 e. The van der Waals surface area contributed by atoms with Gasteiger partial charge in [-0.1, -0.05) is 23.9 Å². The Morgan fingerprint density at radius 3 is 2.89 bits per heavy atom. The smallest absolute Gasteiger partial charge is 0.242 e. The summed E-state index contributed by atoms with van der Waals surface area (Å²) in [7, 11) is 1.67. The molecule has 4 rings (SSSR count). The van der Waals surface area contributed by atoms with Crippen LogP contribution in [-0.4, -0.2) is 41.0 Å². The van der Waals surface area contributed by atoms with Crippen LogP contribution in [0.15, 0.2) is 47.5 Å². The lowest BCUT2D eigenvalue weighted by atomic mass is 10.2. The average Bonchev–Trinajstić information content (AvgIpc) is 3.22. The van der Waals surface area contributed by atoms with E-state index in [9.17, 15) is 9.59 Å². The van der Waals surface area contributed by atoms with Crippen molar-refractivity contribution in [3.8, 4) is 11.5 Å². The van der Waals surface area contributed by atoms with E-state index in [4.69, 9.17) is 9.47 Å². The van der Waals surface area contributed by atoms with Gasteiger partial charge in [0.15, 0.2) is 16.7 Å². The summed E-state index contributed by atoms with van der Waals surface area (Å²) in [5.74, 6) is 0.976. The van der Waals surface area contributed by atoms with Crippen LogP contribution in [-0.2, 0) is 9.59 Å². The van der Waals surface area contributed by atoms with E-state index in [1.807, 2.05) is 31.2 Å². The fourth-order valence-electron chi connectivity index (χ4n) is 2.97. The van der Waals surface area contributed by atoms with Gasteiger partial charge in [-0.25, -0.2) is 4.99 Å². The molecule has 1 N–H and O–H groups in total. The number of carbonyl (C=O) groups excluding carboxylic acids is 2. The Morgan fingerprint density at radius 2 is 2.07 bits per heavy atom. The van der Waals surface area contributed by atoms with E-state index in [1.165, 1.54) is 16.7 Å². The van der Waals surface area contributed by atoms with Crippen LogP contribution >= 0.6 is 11.8 Å². The number of amidine groups is 1. The van der Waals surface area contributed by atoms with Gasteiger partial charge in [-0.15, -0.1) is 0 Å². The molecule has 0 spiro atoms. The summed E-state index contributed by atoms with van der Waals surface area (Å²) in [6.45, 7) is 2.15. The molecule has 2 heterocycles. The summed E-state index contributed by atoms with van der Waals surface area (Å²) >= 11 is 1.29. The van der Waals surface area contributed by atoms with Crippen LogP contribution < -0.4 is 14.8 Å². The maximum Gasteiger partial charge on any atom is 0.242 e. The predicted octanol–water partition coefficient (Wildman–Crippen LogP) is 3.31. The monoisotopic (exact) mass is 397 g/mol. The minimum absolute atomic E-state index is 0.0853. The molecule has 1 saturated heterocycles. The normalized spacial score (nSPS) is 19.4. The van der Waals surface area contributed by atoms with Crippen LogP contribution in [0.2, 0.25) is 0 Å². The molecule has 2 aliphatic rings. The number of benzene rings is 2. The third-order valence-corrected chi connectivity index (χ3v) is 5.62. The second-order valence-corrected chi connectivity index (χ2v) is 7.73. The number of anilines is 1. The maximum absolute atomic E-state index is 12.5. The fraction of sp³-hybridized carbons (Fsp3) is 0.250. The molecular weight excluding hydrogens is 378 g/mol. The van der Waals surface area contributed by atoms with Gasteiger partial charge < -0.3 is 14.8 Å². The number of fused-ring (bicyclic) bond motifs is 1. The van der Waals surface area contributed by atoms with Gasteiger partial charge in [-0.2, -0.15) is 0 Å². The van der Waals surface area contributed by atoms with Crippen molar-refractivity contribution in [1.82, 2.24) is 4.90 Å². The van der Waals surface area contributed by atoms with Crippen molar-refractivity contribution in [3.63, 3.8) is 0 Å². The number of hydrogen-bond donors (Lipinski definition) is 1. The van der Waals surface area contributed by atoms with E-state index in [0.29, 0.717) is 22.4 Å². The molecule has 1 unspecified atom stereocenters. The van der Waals surface area contributed by atoms with Gasteiger partial charge in [-0.05, 0) is 36.8 Å². The summed E-state index contributed by atoms with van der Waals surface area (Å²) in [4.78, 5) is 30.9. The highest BCUT2D eigenvalue weighted by molar-refractivity contribution is 8.15. The molecule has 2 aromatic rings. The van der Waals surface area contributed by atoms with Crippen LogP contribution in [0.25, 0.3) is 0 Å². The number of aliphatic imine (C=N–C) groups is 1. The number of nitrogens with one attached hydrogen (secondary N) is 1. The van der Waals surface area contributed by atoms with Gasteiger partial charge in [0, 0.05) is 25.2 Å². The molecule has 2 aliphatic heterocycles. The number of nitrogens with zero attached hydrogens (tertiary/aromatic N) is 2. The molecule has 1 fully saturated rings. The van der Waals surface area contributed by atoms with Crippen molar-refractivity contribution in [3.05, 3.63) is 48.0 Å². The van der Waals surface area contributed by atoms with Crippen molar-refractivity contribution < 1.29 is 19.1 Å². The Labute approximate surface area is 166 Å². The zero-order chi connectivity index (χ0) is 19.7. The Hall–Kier alpha value is -3.00. The maximum atomic E-state index is 12.5. The lowest BCUT2D eigenvalue weighted by Crippen LogP contribution is -2.30. The highest BCUT2D eigenvalue weighted by Gasteiger charge is 2.37. The first-order valence-electron chi connectivity index (χ1n) is 8.79. The van der Waals surface area contributed by atoms with E-state index in [2.05, 4.69) is 10.3 Å². The van der Waals surface area contributed by atoms with E-state index in [0.717, 1.165) is 11.3 Å². The van der Waals surface area contributed by atoms with E-state index in [-0.39, 0.29) is 25.0 Å². The number of amides is 2. The van der Waals surface area contributed by atoms with Gasteiger partial charge in [0.25, 0.3) is 0 Å². The number of ether oxygens (including phenoxy) is 2. The number of carbonyl (C=O) groups is 2. The van der Waals surface area contributed by atoms with Crippen molar-refractivity contribution in [1.29, 1.82) is 0 Å². The van der Waals surface area contributed by atoms with Gasteiger partial charge in [0.05, 0.1) is 5.69 Å². The lowest BCUT2D eigenvalue weighted by Gasteiger charge is -2.09. The zero-order valence-electron chi connectivity index (χ0n) is 15.5. The first-order chi connectivity index (χ1) is 13.5. The first kappa shape index (κ1) is 18.4.